The van der Waals surface area contributed by atoms with Gasteiger partial charge in [0.2, 0.25) is 0 Å². The van der Waals surface area contributed by atoms with Crippen molar-refractivity contribution in [2.75, 3.05) is 26.2 Å². The molecule has 0 amide bonds. The molecule has 2 aliphatic heterocycles. The van der Waals surface area contributed by atoms with E-state index in [-0.39, 0.29) is 0 Å². The maximum absolute atomic E-state index is 5.97. The van der Waals surface area contributed by atoms with E-state index in [1.54, 1.807) is 0 Å². The van der Waals surface area contributed by atoms with Crippen LogP contribution < -0.4 is 5.32 Å². The van der Waals surface area contributed by atoms with Crippen LogP contribution in [0.15, 0.2) is 0 Å². The molecular weight excluding hydrogens is 248 g/mol. The molecule has 2 heterocycles. The number of hydrogen-bond donors (Lipinski definition) is 1. The minimum atomic E-state index is 0.539. The molecule has 0 aromatic rings. The van der Waals surface area contributed by atoms with Crippen LogP contribution in [-0.4, -0.2) is 49.3 Å². The second kappa shape index (κ2) is 6.76. The molecule has 0 spiro atoms. The Bertz CT molecular complexity index is 295. The Hall–Kier alpha value is -0.120. The van der Waals surface area contributed by atoms with Gasteiger partial charge in [0.1, 0.15) is 0 Å². The van der Waals surface area contributed by atoms with Crippen LogP contribution in [0.5, 0.6) is 0 Å². The third-order valence-electron chi connectivity index (χ3n) is 5.51. The Morgan fingerprint density at radius 3 is 2.55 bits per heavy atom. The molecule has 0 radical (unpaired) electrons. The van der Waals surface area contributed by atoms with E-state index in [0.717, 1.165) is 17.9 Å². The Balaban J connectivity index is 1.54. The molecule has 5 atom stereocenters. The van der Waals surface area contributed by atoms with Crippen molar-refractivity contribution in [2.24, 2.45) is 11.8 Å². The molecule has 2 bridgehead atoms. The average molecular weight is 280 g/mol. The Labute approximate surface area is 124 Å². The van der Waals surface area contributed by atoms with Crippen LogP contribution in [0, 0.1) is 11.8 Å². The Morgan fingerprint density at radius 1 is 1.10 bits per heavy atom. The third-order valence-corrected chi connectivity index (χ3v) is 5.51. The summed E-state index contributed by atoms with van der Waals surface area (Å²) in [5, 5.41) is 3.81. The summed E-state index contributed by atoms with van der Waals surface area (Å²) in [6.45, 7) is 9.55. The van der Waals surface area contributed by atoms with Crippen LogP contribution in [0.25, 0.3) is 0 Å². The highest BCUT2D eigenvalue weighted by atomic mass is 16.5. The van der Waals surface area contributed by atoms with E-state index in [1.165, 1.54) is 64.7 Å². The van der Waals surface area contributed by atoms with Crippen molar-refractivity contribution < 1.29 is 4.74 Å². The van der Waals surface area contributed by atoms with Crippen molar-refractivity contribution in [1.82, 2.24) is 10.2 Å². The predicted octanol–water partition coefficient (Wildman–Crippen LogP) is 2.65. The lowest BCUT2D eigenvalue weighted by Gasteiger charge is -2.40. The normalized spacial score (nSPS) is 42.0. The summed E-state index contributed by atoms with van der Waals surface area (Å²) in [6.07, 6.45) is 9.11. The zero-order valence-corrected chi connectivity index (χ0v) is 13.3. The molecule has 3 nitrogen and oxygen atoms in total. The van der Waals surface area contributed by atoms with Crippen molar-refractivity contribution in [3.8, 4) is 0 Å². The van der Waals surface area contributed by atoms with Gasteiger partial charge in [-0.25, -0.2) is 0 Å². The molecule has 0 aromatic heterocycles. The molecule has 3 fully saturated rings. The van der Waals surface area contributed by atoms with Gasteiger partial charge in [0.15, 0.2) is 0 Å². The van der Waals surface area contributed by atoms with Crippen LogP contribution >= 0.6 is 0 Å². The zero-order chi connectivity index (χ0) is 13.9. The Kier molecular flexibility index (Phi) is 5.00. The van der Waals surface area contributed by atoms with Gasteiger partial charge in [-0.3, -0.25) is 4.90 Å². The van der Waals surface area contributed by atoms with E-state index in [2.05, 4.69) is 24.1 Å². The first kappa shape index (κ1) is 14.8. The molecule has 1 saturated carbocycles. The minimum Gasteiger partial charge on any atom is -0.372 e. The van der Waals surface area contributed by atoms with Crippen molar-refractivity contribution in [2.45, 2.75) is 70.6 Å². The second-order valence-electron chi connectivity index (χ2n) is 7.41. The fourth-order valence-electron chi connectivity index (χ4n) is 4.48. The van der Waals surface area contributed by atoms with Crippen LogP contribution in [0.1, 0.15) is 52.4 Å². The molecule has 1 N–H and O–H groups in total. The van der Waals surface area contributed by atoms with Crippen molar-refractivity contribution in [1.29, 1.82) is 0 Å². The minimum absolute atomic E-state index is 0.539. The summed E-state index contributed by atoms with van der Waals surface area (Å²) in [4.78, 5) is 2.70. The van der Waals surface area contributed by atoms with Crippen molar-refractivity contribution in [3.05, 3.63) is 0 Å². The van der Waals surface area contributed by atoms with Crippen molar-refractivity contribution >= 4 is 0 Å². The largest absolute Gasteiger partial charge is 0.372 e. The summed E-state index contributed by atoms with van der Waals surface area (Å²) < 4.78 is 5.97. The van der Waals surface area contributed by atoms with Crippen LogP contribution in [0.4, 0.5) is 0 Å². The lowest BCUT2D eigenvalue weighted by Crippen LogP contribution is -2.50. The first-order valence-electron chi connectivity index (χ1n) is 8.85. The first-order valence-corrected chi connectivity index (χ1v) is 8.85. The van der Waals surface area contributed by atoms with E-state index in [0.29, 0.717) is 12.2 Å². The number of hydrogen-bond acceptors (Lipinski definition) is 3. The summed E-state index contributed by atoms with van der Waals surface area (Å²) in [7, 11) is 0. The maximum Gasteiger partial charge on any atom is 0.0707 e. The standard InChI is InChI=1S/C17H32N2O/c1-3-8-18-17-7-4-13(2)9-14(17)10-19-11-15-5-6-16(12-19)20-15/h13-18H,3-12H2,1-2H3. The van der Waals surface area contributed by atoms with Gasteiger partial charge >= 0.3 is 0 Å². The maximum atomic E-state index is 5.97. The zero-order valence-electron chi connectivity index (χ0n) is 13.3. The first-order chi connectivity index (χ1) is 9.74. The molecule has 1 aliphatic carbocycles. The number of nitrogens with one attached hydrogen (secondary N) is 1. The molecule has 3 rings (SSSR count). The van der Waals surface area contributed by atoms with E-state index >= 15 is 0 Å². The van der Waals surface area contributed by atoms with Gasteiger partial charge < -0.3 is 10.1 Å². The summed E-state index contributed by atoms with van der Waals surface area (Å²) >= 11 is 0. The molecule has 5 unspecified atom stereocenters. The van der Waals surface area contributed by atoms with Crippen molar-refractivity contribution in [3.63, 3.8) is 0 Å². The molecule has 116 valence electrons. The predicted molar refractivity (Wildman–Crippen MR) is 82.9 cm³/mol. The molecule has 2 saturated heterocycles. The van der Waals surface area contributed by atoms with E-state index in [4.69, 9.17) is 4.74 Å². The monoisotopic (exact) mass is 280 g/mol. The molecule has 20 heavy (non-hydrogen) atoms. The van der Waals surface area contributed by atoms with E-state index in [9.17, 15) is 0 Å². The van der Waals surface area contributed by atoms with Gasteiger partial charge in [-0.1, -0.05) is 13.8 Å². The highest BCUT2D eigenvalue weighted by Gasteiger charge is 2.36. The van der Waals surface area contributed by atoms with E-state index in [1.807, 2.05) is 0 Å². The van der Waals surface area contributed by atoms with E-state index < -0.39 is 0 Å². The number of fused-ring (bicyclic) bond motifs is 2. The lowest BCUT2D eigenvalue weighted by atomic mass is 9.78. The number of likely N-dealkylation sites (tertiary alicyclic amines) is 1. The summed E-state index contributed by atoms with van der Waals surface area (Å²) in [5.41, 5.74) is 0. The van der Waals surface area contributed by atoms with Gasteiger partial charge in [0.05, 0.1) is 12.2 Å². The van der Waals surface area contributed by atoms with Crippen LogP contribution in [0.3, 0.4) is 0 Å². The highest BCUT2D eigenvalue weighted by molar-refractivity contribution is 4.90. The second-order valence-corrected chi connectivity index (χ2v) is 7.41. The fraction of sp³-hybridized carbons (Fsp3) is 1.00. The number of rotatable bonds is 5. The Morgan fingerprint density at radius 2 is 1.85 bits per heavy atom. The SMILES string of the molecule is CCCNC1CCC(C)CC1CN1CC2CCC(C1)O2. The average Bonchev–Trinajstić information content (AvgIpc) is 2.77. The number of nitrogens with zero attached hydrogens (tertiary/aromatic N) is 1. The van der Waals surface area contributed by atoms with Gasteiger partial charge in [0, 0.05) is 25.7 Å². The molecule has 0 aromatic carbocycles. The lowest BCUT2D eigenvalue weighted by molar-refractivity contribution is -0.0463. The number of ether oxygens (including phenoxy) is 1. The number of morpholine rings is 1. The van der Waals surface area contributed by atoms with Crippen LogP contribution in [0.2, 0.25) is 0 Å². The summed E-state index contributed by atoms with van der Waals surface area (Å²) in [6, 6.07) is 0.756. The van der Waals surface area contributed by atoms with Crippen LogP contribution in [-0.2, 0) is 4.74 Å². The van der Waals surface area contributed by atoms with Gasteiger partial charge in [-0.05, 0) is 56.9 Å². The third kappa shape index (κ3) is 3.55. The molecular formula is C17H32N2O. The molecule has 3 aliphatic rings. The van der Waals surface area contributed by atoms with Gasteiger partial charge in [-0.2, -0.15) is 0 Å². The highest BCUT2D eigenvalue weighted by Crippen LogP contribution is 2.32. The fourth-order valence-corrected chi connectivity index (χ4v) is 4.48. The topological polar surface area (TPSA) is 24.5 Å². The quantitative estimate of drug-likeness (QED) is 0.838. The van der Waals surface area contributed by atoms with Gasteiger partial charge in [0.25, 0.3) is 0 Å². The van der Waals surface area contributed by atoms with Gasteiger partial charge in [-0.15, -0.1) is 0 Å². The molecule has 3 heteroatoms. The summed E-state index contributed by atoms with van der Waals surface area (Å²) in [5.74, 6) is 1.76. The smallest absolute Gasteiger partial charge is 0.0707 e.